The minimum atomic E-state index is 0.0536. The van der Waals surface area contributed by atoms with E-state index < -0.39 is 0 Å². The molecule has 4 heteroatoms. The molecule has 0 aromatic carbocycles. The number of carbonyl (C=O) groups is 1. The Balaban J connectivity index is 2.26. The monoisotopic (exact) mass is 229 g/mol. The summed E-state index contributed by atoms with van der Waals surface area (Å²) in [6.45, 7) is 0. The average molecular weight is 230 g/mol. The molecule has 1 fully saturated rings. The number of rotatable bonds is 2. The zero-order chi connectivity index (χ0) is 10.1. The number of halogens is 2. The summed E-state index contributed by atoms with van der Waals surface area (Å²) in [5.41, 5.74) is 0.362. The van der Waals surface area contributed by atoms with E-state index in [0.717, 1.165) is 19.3 Å². The standard InChI is InChI=1S/C10H9Cl2NO/c11-7-4-8(12)9(13-5-7)10(14)6-2-1-3-6/h4-6H,1-3H2. The van der Waals surface area contributed by atoms with Crippen molar-refractivity contribution in [2.45, 2.75) is 19.3 Å². The SMILES string of the molecule is O=C(c1ncc(Cl)cc1Cl)C1CCC1. The molecule has 0 atom stereocenters. The number of pyridine rings is 1. The van der Waals surface area contributed by atoms with E-state index in [4.69, 9.17) is 23.2 Å². The van der Waals surface area contributed by atoms with Crippen molar-refractivity contribution in [3.05, 3.63) is 28.0 Å². The van der Waals surface area contributed by atoms with Crippen LogP contribution in [-0.4, -0.2) is 10.8 Å². The first-order chi connectivity index (χ1) is 6.68. The lowest BCUT2D eigenvalue weighted by Crippen LogP contribution is -2.23. The van der Waals surface area contributed by atoms with Gasteiger partial charge in [-0.15, -0.1) is 0 Å². The highest BCUT2D eigenvalue weighted by atomic mass is 35.5. The van der Waals surface area contributed by atoms with E-state index >= 15 is 0 Å². The number of nitrogens with zero attached hydrogens (tertiary/aromatic N) is 1. The molecule has 2 rings (SSSR count). The molecule has 0 spiro atoms. The van der Waals surface area contributed by atoms with Gasteiger partial charge in [-0.25, -0.2) is 4.98 Å². The molecule has 0 saturated heterocycles. The third-order valence-corrected chi connectivity index (χ3v) is 3.01. The maximum Gasteiger partial charge on any atom is 0.185 e. The topological polar surface area (TPSA) is 30.0 Å². The molecule has 1 aliphatic carbocycles. The van der Waals surface area contributed by atoms with Gasteiger partial charge < -0.3 is 0 Å². The second kappa shape index (κ2) is 3.87. The first kappa shape index (κ1) is 9.94. The molecule has 14 heavy (non-hydrogen) atoms. The normalized spacial score (nSPS) is 16.4. The van der Waals surface area contributed by atoms with E-state index in [9.17, 15) is 4.79 Å². The molecule has 1 aromatic heterocycles. The Hall–Kier alpha value is -0.600. The molecule has 1 aromatic rings. The summed E-state index contributed by atoms with van der Waals surface area (Å²) in [5.74, 6) is 0.180. The molecule has 0 unspecified atom stereocenters. The van der Waals surface area contributed by atoms with Crippen LogP contribution in [0.3, 0.4) is 0 Å². The van der Waals surface area contributed by atoms with Gasteiger partial charge in [0.1, 0.15) is 5.69 Å². The lowest BCUT2D eigenvalue weighted by atomic mass is 9.81. The summed E-state index contributed by atoms with van der Waals surface area (Å²) >= 11 is 11.6. The van der Waals surface area contributed by atoms with Crippen LogP contribution in [0.1, 0.15) is 29.8 Å². The molecule has 2 nitrogen and oxygen atoms in total. The van der Waals surface area contributed by atoms with Gasteiger partial charge in [0.05, 0.1) is 10.0 Å². The lowest BCUT2D eigenvalue weighted by Gasteiger charge is -2.23. The van der Waals surface area contributed by atoms with Gasteiger partial charge in [-0.2, -0.15) is 0 Å². The predicted molar refractivity (Wildman–Crippen MR) is 55.9 cm³/mol. The largest absolute Gasteiger partial charge is 0.292 e. The molecule has 0 aliphatic heterocycles. The molecular weight excluding hydrogens is 221 g/mol. The van der Waals surface area contributed by atoms with E-state index in [1.54, 1.807) is 6.07 Å². The number of hydrogen-bond donors (Lipinski definition) is 0. The van der Waals surface area contributed by atoms with Crippen LogP contribution in [-0.2, 0) is 0 Å². The van der Waals surface area contributed by atoms with Crippen LogP contribution in [0.15, 0.2) is 12.3 Å². The van der Waals surface area contributed by atoms with Crippen LogP contribution in [0.25, 0.3) is 0 Å². The second-order valence-electron chi connectivity index (χ2n) is 3.48. The summed E-state index contributed by atoms with van der Waals surface area (Å²) in [6.07, 6.45) is 4.50. The van der Waals surface area contributed by atoms with E-state index in [1.807, 2.05) is 0 Å². The van der Waals surface area contributed by atoms with Crippen LogP contribution in [0.5, 0.6) is 0 Å². The molecule has 1 saturated carbocycles. The Morgan fingerprint density at radius 3 is 2.64 bits per heavy atom. The van der Waals surface area contributed by atoms with Crippen LogP contribution in [0.4, 0.5) is 0 Å². The Morgan fingerprint density at radius 1 is 1.43 bits per heavy atom. The van der Waals surface area contributed by atoms with Crippen molar-refractivity contribution in [3.63, 3.8) is 0 Å². The summed E-state index contributed by atoms with van der Waals surface area (Å²) in [5, 5.41) is 0.814. The van der Waals surface area contributed by atoms with E-state index in [0.29, 0.717) is 15.7 Å². The fourth-order valence-electron chi connectivity index (χ4n) is 1.46. The zero-order valence-corrected chi connectivity index (χ0v) is 8.98. The predicted octanol–water partition coefficient (Wildman–Crippen LogP) is 3.37. The molecule has 0 radical (unpaired) electrons. The lowest BCUT2D eigenvalue weighted by molar-refractivity contribution is 0.0850. The summed E-state index contributed by atoms with van der Waals surface area (Å²) in [6, 6.07) is 1.56. The van der Waals surface area contributed by atoms with E-state index in [1.165, 1.54) is 6.20 Å². The highest BCUT2D eigenvalue weighted by Gasteiger charge is 2.28. The van der Waals surface area contributed by atoms with Gasteiger partial charge in [0.15, 0.2) is 5.78 Å². The molecule has 1 aliphatic rings. The van der Waals surface area contributed by atoms with Crippen molar-refractivity contribution in [2.75, 3.05) is 0 Å². The number of Topliss-reactive ketones (excluding diaryl/α,β-unsaturated/α-hetero) is 1. The van der Waals surface area contributed by atoms with Gasteiger partial charge in [0, 0.05) is 12.1 Å². The van der Waals surface area contributed by atoms with Crippen LogP contribution in [0.2, 0.25) is 10.0 Å². The first-order valence-electron chi connectivity index (χ1n) is 4.54. The highest BCUT2D eigenvalue weighted by molar-refractivity contribution is 6.36. The van der Waals surface area contributed by atoms with Gasteiger partial charge in [-0.1, -0.05) is 29.6 Å². The fraction of sp³-hybridized carbons (Fsp3) is 0.400. The van der Waals surface area contributed by atoms with Crippen molar-refractivity contribution < 1.29 is 4.79 Å². The Bertz CT molecular complexity index is 374. The number of hydrogen-bond acceptors (Lipinski definition) is 2. The Kier molecular flexibility index (Phi) is 2.75. The smallest absolute Gasteiger partial charge is 0.185 e. The Morgan fingerprint density at radius 2 is 2.14 bits per heavy atom. The van der Waals surface area contributed by atoms with Crippen molar-refractivity contribution >= 4 is 29.0 Å². The van der Waals surface area contributed by atoms with Gasteiger partial charge in [0.25, 0.3) is 0 Å². The Labute approximate surface area is 92.2 Å². The zero-order valence-electron chi connectivity index (χ0n) is 7.46. The van der Waals surface area contributed by atoms with E-state index in [-0.39, 0.29) is 11.7 Å². The number of carbonyl (C=O) groups excluding carboxylic acids is 1. The second-order valence-corrected chi connectivity index (χ2v) is 4.32. The third kappa shape index (κ3) is 1.77. The summed E-state index contributed by atoms with van der Waals surface area (Å²) in [4.78, 5) is 15.7. The minimum absolute atomic E-state index is 0.0536. The van der Waals surface area contributed by atoms with Gasteiger partial charge in [0.2, 0.25) is 0 Å². The number of ketones is 1. The summed E-state index contributed by atoms with van der Waals surface area (Å²) < 4.78 is 0. The van der Waals surface area contributed by atoms with Crippen LogP contribution in [0, 0.1) is 5.92 Å². The first-order valence-corrected chi connectivity index (χ1v) is 5.29. The molecule has 1 heterocycles. The molecular formula is C10H9Cl2NO. The molecule has 74 valence electrons. The molecule has 0 amide bonds. The van der Waals surface area contributed by atoms with Crippen LogP contribution >= 0.6 is 23.2 Å². The maximum absolute atomic E-state index is 11.8. The van der Waals surface area contributed by atoms with Crippen LogP contribution < -0.4 is 0 Å². The molecule has 0 N–H and O–H groups in total. The van der Waals surface area contributed by atoms with Gasteiger partial charge in [-0.05, 0) is 18.9 Å². The maximum atomic E-state index is 11.8. The van der Waals surface area contributed by atoms with Crippen molar-refractivity contribution in [3.8, 4) is 0 Å². The fourth-order valence-corrected chi connectivity index (χ4v) is 1.93. The highest BCUT2D eigenvalue weighted by Crippen LogP contribution is 2.31. The van der Waals surface area contributed by atoms with Gasteiger partial charge >= 0.3 is 0 Å². The van der Waals surface area contributed by atoms with Crippen molar-refractivity contribution in [2.24, 2.45) is 5.92 Å². The number of aromatic nitrogens is 1. The van der Waals surface area contributed by atoms with Gasteiger partial charge in [-0.3, -0.25) is 4.79 Å². The van der Waals surface area contributed by atoms with E-state index in [2.05, 4.69) is 4.98 Å². The summed E-state index contributed by atoms with van der Waals surface area (Å²) in [7, 11) is 0. The molecule has 0 bridgehead atoms. The quantitative estimate of drug-likeness (QED) is 0.729. The minimum Gasteiger partial charge on any atom is -0.292 e. The average Bonchev–Trinajstić information content (AvgIpc) is 2.00. The van der Waals surface area contributed by atoms with Crippen molar-refractivity contribution in [1.29, 1.82) is 0 Å². The third-order valence-electron chi connectivity index (χ3n) is 2.52. The van der Waals surface area contributed by atoms with Crippen molar-refractivity contribution in [1.82, 2.24) is 4.98 Å².